The number of benzene rings is 4. The summed E-state index contributed by atoms with van der Waals surface area (Å²) in [5.41, 5.74) is 7.81. The van der Waals surface area contributed by atoms with Gasteiger partial charge in [0.05, 0.1) is 46.1 Å². The molecule has 0 aromatic heterocycles. The second-order valence-corrected chi connectivity index (χ2v) is 20.9. The first kappa shape index (κ1) is 61.3. The lowest BCUT2D eigenvalue weighted by Crippen LogP contribution is -2.45. The van der Waals surface area contributed by atoms with E-state index in [9.17, 15) is 50.0 Å². The molecule has 10 rings (SSSR count). The van der Waals surface area contributed by atoms with Crippen LogP contribution in [-0.4, -0.2) is 141 Å². The van der Waals surface area contributed by atoms with E-state index in [0.717, 1.165) is 114 Å². The van der Waals surface area contributed by atoms with Gasteiger partial charge in [0.15, 0.2) is 17.4 Å². The fourth-order valence-corrected chi connectivity index (χ4v) is 10.1. The fraction of sp³-hybridized carbons (Fsp3) is 0.491. The summed E-state index contributed by atoms with van der Waals surface area (Å²) in [5.74, 6) is -0.191. The number of nitro benzene ring substituents is 4. The lowest BCUT2D eigenvalue weighted by molar-refractivity contribution is -0.385. The molecule has 0 atom stereocenters. The van der Waals surface area contributed by atoms with E-state index in [1.807, 2.05) is 62.7 Å². The van der Waals surface area contributed by atoms with Crippen LogP contribution in [0.4, 0.5) is 39.8 Å². The van der Waals surface area contributed by atoms with Crippen LogP contribution in [0.2, 0.25) is 0 Å². The molecule has 79 heavy (non-hydrogen) atoms. The fourth-order valence-electron chi connectivity index (χ4n) is 9.72. The molecule has 426 valence electrons. The van der Waals surface area contributed by atoms with Crippen LogP contribution in [0.1, 0.15) is 67.2 Å². The number of piperidine rings is 4. The Bertz CT molecular complexity index is 2850. The zero-order chi connectivity index (χ0) is 57.4. The molecule has 24 heteroatoms. The molecule has 1 N–H and O–H groups in total. The minimum atomic E-state index is -0.412. The predicted octanol–water partition coefficient (Wildman–Crippen LogP) is 9.23. The quantitative estimate of drug-likeness (QED) is 0.0978. The summed E-state index contributed by atoms with van der Waals surface area (Å²) in [4.78, 5) is 72.5. The summed E-state index contributed by atoms with van der Waals surface area (Å²) < 4.78 is 23.2. The molecule has 0 aliphatic carbocycles. The summed E-state index contributed by atoms with van der Waals surface area (Å²) in [7, 11) is 3.75. The summed E-state index contributed by atoms with van der Waals surface area (Å²) in [6, 6.07) is 19.4. The van der Waals surface area contributed by atoms with Gasteiger partial charge in [0.25, 0.3) is 22.7 Å². The molecule has 0 bridgehead atoms. The number of nitrogens with zero attached hydrogens (tertiary/aromatic N) is 8. The summed E-state index contributed by atoms with van der Waals surface area (Å²) >= 11 is 3.21. The topological polar surface area (TPSA) is 269 Å². The molecule has 6 aliphatic rings. The predicted molar refractivity (Wildman–Crippen MR) is 302 cm³/mol. The van der Waals surface area contributed by atoms with Crippen molar-refractivity contribution in [2.45, 2.75) is 84.2 Å². The highest BCUT2D eigenvalue weighted by Crippen LogP contribution is 2.36. The van der Waals surface area contributed by atoms with Crippen LogP contribution in [0.25, 0.3) is 0 Å². The normalized spacial score (nSPS) is 18.7. The number of ketones is 2. The number of nitro groups is 4. The lowest BCUT2D eigenvalue weighted by atomic mass is 10.0. The van der Waals surface area contributed by atoms with Gasteiger partial charge in [-0.05, 0) is 49.9 Å². The highest BCUT2D eigenvalue weighted by molar-refractivity contribution is 9.10. The van der Waals surface area contributed by atoms with Gasteiger partial charge in [0, 0.05) is 193 Å². The van der Waals surface area contributed by atoms with E-state index in [1.165, 1.54) is 24.3 Å². The minimum Gasteiger partial charge on any atom is -0.383 e. The standard InChI is InChI=1S/C15H19N3O3.C14H18N2O4.C12H14N2O3.C7H6BrNO2.C7H13NO2/c1-11-4-5-13(18(20)21)8-14(11)17-7-6-15(19)12(10-17)9-16(2)3;1-11-2-3-12(16(17)18)10-13(11)15-6-4-14(5-7-15)19-8-9-20-14;1-9-2-3-10(14(16)17)8-12(9)13-6-4-11(15)5-7-13;1-5-2-3-6(9(10)11)4-7(5)8;1-3-8-4-2-7(1)9-5-6-10-7/h4-5,8-9H,6-7,10H2,1-3H3;2-3,10H,4-9H2,1H3;2-3,8H,4-7H2,1H3;2-4H,1H3;8H,1-6H2/b12-9-;;;;. The van der Waals surface area contributed by atoms with Gasteiger partial charge < -0.3 is 43.9 Å². The van der Waals surface area contributed by atoms with Crippen molar-refractivity contribution in [3.05, 3.63) is 152 Å². The number of hydrogen-bond acceptors (Lipinski definition) is 19. The van der Waals surface area contributed by atoms with Crippen molar-refractivity contribution in [1.82, 2.24) is 10.2 Å². The molecule has 0 saturated carbocycles. The van der Waals surface area contributed by atoms with Crippen molar-refractivity contribution in [2.24, 2.45) is 0 Å². The van der Waals surface area contributed by atoms with Crippen LogP contribution in [0, 0.1) is 68.2 Å². The molecule has 4 aromatic carbocycles. The average molecular weight is 1160 g/mol. The first-order chi connectivity index (χ1) is 37.6. The molecule has 2 spiro atoms. The summed E-state index contributed by atoms with van der Waals surface area (Å²) in [6.07, 6.45) is 6.93. The largest absolute Gasteiger partial charge is 0.383 e. The van der Waals surface area contributed by atoms with E-state index in [-0.39, 0.29) is 45.0 Å². The number of hydrogen-bond donors (Lipinski definition) is 1. The zero-order valence-corrected chi connectivity index (χ0v) is 47.2. The molecular weight excluding hydrogens is 1090 g/mol. The Morgan fingerprint density at radius 2 is 0.899 bits per heavy atom. The van der Waals surface area contributed by atoms with Gasteiger partial charge in [-0.15, -0.1) is 0 Å². The van der Waals surface area contributed by atoms with Crippen LogP contribution >= 0.6 is 15.9 Å². The molecular formula is C55H70BrN9O14. The zero-order valence-electron chi connectivity index (χ0n) is 45.6. The Hall–Kier alpha value is -6.96. The molecule has 23 nitrogen and oxygen atoms in total. The maximum Gasteiger partial charge on any atom is 0.271 e. The summed E-state index contributed by atoms with van der Waals surface area (Å²) in [5, 5.41) is 46.1. The highest BCUT2D eigenvalue weighted by Gasteiger charge is 2.40. The van der Waals surface area contributed by atoms with Gasteiger partial charge in [-0.2, -0.15) is 0 Å². The number of nitrogens with one attached hydrogen (secondary N) is 1. The number of halogens is 1. The third-order valence-electron chi connectivity index (χ3n) is 14.2. The number of ether oxygens (including phenoxy) is 4. The van der Waals surface area contributed by atoms with Gasteiger partial charge in [-0.1, -0.05) is 40.2 Å². The van der Waals surface area contributed by atoms with Crippen molar-refractivity contribution < 1.29 is 48.2 Å². The number of anilines is 3. The first-order valence-electron chi connectivity index (χ1n) is 26.2. The summed E-state index contributed by atoms with van der Waals surface area (Å²) in [6.45, 7) is 16.6. The van der Waals surface area contributed by atoms with E-state index < -0.39 is 20.6 Å². The third-order valence-corrected chi connectivity index (χ3v) is 15.0. The molecule has 0 amide bonds. The van der Waals surface area contributed by atoms with Crippen molar-refractivity contribution in [2.75, 3.05) is 108 Å². The number of carbonyl (C=O) groups excluding carboxylic acids is 2. The molecule has 4 aromatic rings. The van der Waals surface area contributed by atoms with E-state index >= 15 is 0 Å². The monoisotopic (exact) mass is 1160 g/mol. The van der Waals surface area contributed by atoms with Gasteiger partial charge in [-0.3, -0.25) is 50.0 Å². The Labute approximate surface area is 467 Å². The van der Waals surface area contributed by atoms with Gasteiger partial charge in [0.2, 0.25) is 0 Å². The van der Waals surface area contributed by atoms with Gasteiger partial charge in [-0.25, -0.2) is 0 Å². The Balaban J connectivity index is 0.000000164. The van der Waals surface area contributed by atoms with Crippen molar-refractivity contribution in [1.29, 1.82) is 0 Å². The number of non-ortho nitro benzene ring substituents is 4. The van der Waals surface area contributed by atoms with Crippen LogP contribution in [0.5, 0.6) is 0 Å². The molecule has 6 fully saturated rings. The van der Waals surface area contributed by atoms with Gasteiger partial charge in [0.1, 0.15) is 5.78 Å². The highest BCUT2D eigenvalue weighted by atomic mass is 79.9. The Morgan fingerprint density at radius 1 is 0.532 bits per heavy atom. The molecule has 6 saturated heterocycles. The second kappa shape index (κ2) is 28.3. The van der Waals surface area contributed by atoms with Crippen molar-refractivity contribution in [3.8, 4) is 0 Å². The molecule has 6 aliphatic heterocycles. The minimum absolute atomic E-state index is 0.0747. The van der Waals surface area contributed by atoms with E-state index in [0.29, 0.717) is 58.7 Å². The number of rotatable bonds is 8. The number of carbonyl (C=O) groups is 2. The number of Topliss-reactive ketones (excluding diaryl/α,β-unsaturated/α-hetero) is 2. The maximum absolute atomic E-state index is 11.9. The van der Waals surface area contributed by atoms with Crippen LogP contribution in [-0.2, 0) is 28.5 Å². The van der Waals surface area contributed by atoms with Crippen LogP contribution in [0.15, 0.2) is 89.0 Å². The molecule has 0 unspecified atom stereocenters. The average Bonchev–Trinajstić information content (AvgIpc) is 4.09. The van der Waals surface area contributed by atoms with Crippen molar-refractivity contribution >= 4 is 67.3 Å². The lowest BCUT2D eigenvalue weighted by Gasteiger charge is -2.39. The van der Waals surface area contributed by atoms with E-state index in [1.54, 1.807) is 48.5 Å². The van der Waals surface area contributed by atoms with E-state index in [4.69, 9.17) is 18.9 Å². The van der Waals surface area contributed by atoms with Crippen molar-refractivity contribution in [3.63, 3.8) is 0 Å². The molecule has 0 radical (unpaired) electrons. The second-order valence-electron chi connectivity index (χ2n) is 20.1. The molecule has 6 heterocycles. The smallest absolute Gasteiger partial charge is 0.271 e. The SMILES string of the molecule is C1CC2(CCN1)OCCO2.Cc1ccc([N+](=O)[O-])cc1Br.Cc1ccc([N+](=O)[O-])cc1N1CCC(=O)/C(=C\N(C)C)C1.Cc1ccc([N+](=O)[O-])cc1N1CCC(=O)CC1.Cc1ccc([N+](=O)[O-])cc1N1CCC2(CC1)OCCO2. The Kier molecular flexibility index (Phi) is 21.9. The van der Waals surface area contributed by atoms with Crippen LogP contribution in [0.3, 0.4) is 0 Å². The van der Waals surface area contributed by atoms with Crippen LogP contribution < -0.4 is 20.0 Å². The Morgan fingerprint density at radius 3 is 1.30 bits per heavy atom. The van der Waals surface area contributed by atoms with Gasteiger partial charge >= 0.3 is 0 Å². The first-order valence-corrected chi connectivity index (χ1v) is 27.0. The maximum atomic E-state index is 11.9. The third kappa shape index (κ3) is 17.3. The number of aryl methyl sites for hydroxylation is 4. The van der Waals surface area contributed by atoms with E-state index in [2.05, 4.69) is 26.1 Å².